The minimum atomic E-state index is 0.332. The fraction of sp³-hybridized carbons (Fsp3) is 0.395. The second-order valence-corrected chi connectivity index (χ2v) is 12.6. The summed E-state index contributed by atoms with van der Waals surface area (Å²) in [5.74, 6) is 0.576. The van der Waals surface area contributed by atoms with E-state index < -0.39 is 0 Å². The highest BCUT2D eigenvalue weighted by Crippen LogP contribution is 2.60. The molecule has 0 aromatic heterocycles. The maximum absolute atomic E-state index is 5.50. The van der Waals surface area contributed by atoms with Gasteiger partial charge in [0, 0.05) is 11.4 Å². The number of dihydropyridines is 1. The summed E-state index contributed by atoms with van der Waals surface area (Å²) in [7, 11) is 0. The molecule has 2 aliphatic heterocycles. The van der Waals surface area contributed by atoms with Gasteiger partial charge in [0.15, 0.2) is 0 Å². The molecule has 1 aromatic carbocycles. The monoisotopic (exact) mass is 524 g/mol. The molecule has 3 atom stereocenters. The molecule has 3 unspecified atom stereocenters. The molecule has 2 heteroatoms. The standard InChI is InChI=1S/C38H40N2/c1-2-25-20-21-32-31-18-9-10-19-35(31)40(38-36(25)37(32)38)30-17-11-16-28(22-30)34-24-29(26-12-5-3-6-13-26)23-33(39-34)27-14-7-4-8-15-27/h2-3,5-7,12-15,17,23,28,34,38H,1,4,8-11,16,18-22,24H2. The molecule has 0 N–H and O–H groups in total. The van der Waals surface area contributed by atoms with Gasteiger partial charge in [0.05, 0.1) is 17.8 Å². The van der Waals surface area contributed by atoms with Crippen LogP contribution in [0, 0.1) is 5.92 Å². The van der Waals surface area contributed by atoms with Crippen LogP contribution < -0.4 is 0 Å². The van der Waals surface area contributed by atoms with Gasteiger partial charge in [-0.15, -0.1) is 0 Å². The van der Waals surface area contributed by atoms with Gasteiger partial charge in [-0.3, -0.25) is 4.99 Å². The highest BCUT2D eigenvalue weighted by molar-refractivity contribution is 6.14. The van der Waals surface area contributed by atoms with Crippen LogP contribution in [-0.4, -0.2) is 22.7 Å². The van der Waals surface area contributed by atoms with Crippen molar-refractivity contribution in [3.05, 3.63) is 124 Å². The molecule has 7 aliphatic rings. The number of allylic oxidation sites excluding steroid dienone is 12. The molecule has 2 heterocycles. The van der Waals surface area contributed by atoms with Crippen molar-refractivity contribution in [3.63, 3.8) is 0 Å². The second kappa shape index (κ2) is 9.91. The minimum absolute atomic E-state index is 0.332. The van der Waals surface area contributed by atoms with Crippen molar-refractivity contribution >= 4 is 11.3 Å². The lowest BCUT2D eigenvalue weighted by molar-refractivity contribution is 0.308. The summed E-state index contributed by atoms with van der Waals surface area (Å²) in [5, 5.41) is 0. The highest BCUT2D eigenvalue weighted by atomic mass is 15.2. The summed E-state index contributed by atoms with van der Waals surface area (Å²) >= 11 is 0. The number of hydrogen-bond donors (Lipinski definition) is 0. The number of rotatable bonds is 5. The first-order valence-electron chi connectivity index (χ1n) is 15.8. The van der Waals surface area contributed by atoms with Crippen molar-refractivity contribution in [3.8, 4) is 0 Å². The SMILES string of the molecule is C=CC1=C2C3=C(CC1)C1=C(CCCC1)N(C1=CCCC(C4CC(c5ccccc5)=CC(C5=CCCC=C5)=N4)C1)C23. The molecule has 5 aliphatic carbocycles. The van der Waals surface area contributed by atoms with E-state index in [0.717, 1.165) is 25.7 Å². The molecule has 1 saturated carbocycles. The third-order valence-electron chi connectivity index (χ3n) is 10.4. The third kappa shape index (κ3) is 4.02. The molecular weight excluding hydrogens is 484 g/mol. The molecular formula is C38H40N2. The Hall–Kier alpha value is -3.39. The Balaban J connectivity index is 1.12. The summed E-state index contributed by atoms with van der Waals surface area (Å²) in [4.78, 5) is 8.34. The van der Waals surface area contributed by atoms with Gasteiger partial charge in [-0.05, 0) is 134 Å². The molecule has 202 valence electrons. The summed E-state index contributed by atoms with van der Waals surface area (Å²) in [6, 6.07) is 11.9. The van der Waals surface area contributed by atoms with Crippen LogP contribution in [0.5, 0.6) is 0 Å². The molecule has 1 aromatic rings. The molecule has 0 radical (unpaired) electrons. The van der Waals surface area contributed by atoms with Gasteiger partial charge >= 0.3 is 0 Å². The van der Waals surface area contributed by atoms with Crippen molar-refractivity contribution in [2.45, 2.75) is 89.1 Å². The molecule has 0 spiro atoms. The van der Waals surface area contributed by atoms with Gasteiger partial charge in [0.25, 0.3) is 0 Å². The average molecular weight is 525 g/mol. The van der Waals surface area contributed by atoms with E-state index in [0.29, 0.717) is 18.0 Å². The van der Waals surface area contributed by atoms with E-state index in [2.05, 4.69) is 78.3 Å². The Morgan fingerprint density at radius 1 is 0.875 bits per heavy atom. The Kier molecular flexibility index (Phi) is 6.05. The molecule has 0 saturated heterocycles. The van der Waals surface area contributed by atoms with Gasteiger partial charge in [0.2, 0.25) is 0 Å². The zero-order valence-corrected chi connectivity index (χ0v) is 23.7. The van der Waals surface area contributed by atoms with Crippen molar-refractivity contribution in [2.24, 2.45) is 10.9 Å². The van der Waals surface area contributed by atoms with Crippen molar-refractivity contribution in [1.82, 2.24) is 4.90 Å². The first kappa shape index (κ1) is 24.4. The van der Waals surface area contributed by atoms with Crippen LogP contribution in [-0.2, 0) is 0 Å². The number of aliphatic imine (C=N–C) groups is 1. The first-order chi connectivity index (χ1) is 19.8. The summed E-state index contributed by atoms with van der Waals surface area (Å²) < 4.78 is 0. The zero-order valence-electron chi connectivity index (χ0n) is 23.7. The lowest BCUT2D eigenvalue weighted by Crippen LogP contribution is -2.34. The summed E-state index contributed by atoms with van der Waals surface area (Å²) in [6.07, 6.45) is 28.6. The quantitative estimate of drug-likeness (QED) is 0.375. The third-order valence-corrected chi connectivity index (χ3v) is 10.4. The lowest BCUT2D eigenvalue weighted by atomic mass is 9.79. The Morgan fingerprint density at radius 3 is 2.62 bits per heavy atom. The predicted molar refractivity (Wildman–Crippen MR) is 167 cm³/mol. The number of benzene rings is 1. The van der Waals surface area contributed by atoms with E-state index in [1.54, 1.807) is 33.7 Å². The lowest BCUT2D eigenvalue weighted by Gasteiger charge is -2.40. The molecule has 40 heavy (non-hydrogen) atoms. The van der Waals surface area contributed by atoms with E-state index in [1.165, 1.54) is 79.4 Å². The smallest absolute Gasteiger partial charge is 0.0851 e. The first-order valence-corrected chi connectivity index (χ1v) is 15.8. The largest absolute Gasteiger partial charge is 0.337 e. The van der Waals surface area contributed by atoms with Gasteiger partial charge < -0.3 is 4.90 Å². The predicted octanol–water partition coefficient (Wildman–Crippen LogP) is 9.34. The zero-order chi connectivity index (χ0) is 26.6. The van der Waals surface area contributed by atoms with Crippen molar-refractivity contribution < 1.29 is 0 Å². The van der Waals surface area contributed by atoms with Gasteiger partial charge in [-0.2, -0.15) is 0 Å². The van der Waals surface area contributed by atoms with Crippen LogP contribution in [0.4, 0.5) is 0 Å². The van der Waals surface area contributed by atoms with Crippen LogP contribution in [0.1, 0.15) is 82.6 Å². The fourth-order valence-corrected chi connectivity index (χ4v) is 8.41. The topological polar surface area (TPSA) is 15.6 Å². The van der Waals surface area contributed by atoms with Crippen molar-refractivity contribution in [2.75, 3.05) is 0 Å². The second-order valence-electron chi connectivity index (χ2n) is 12.6. The average Bonchev–Trinajstić information content (AvgIpc) is 3.78. The van der Waals surface area contributed by atoms with Crippen LogP contribution in [0.3, 0.4) is 0 Å². The summed E-state index contributed by atoms with van der Waals surface area (Å²) in [6.45, 7) is 4.20. The van der Waals surface area contributed by atoms with Crippen LogP contribution >= 0.6 is 0 Å². The van der Waals surface area contributed by atoms with E-state index in [1.807, 2.05) is 0 Å². The number of hydrogen-bond acceptors (Lipinski definition) is 2. The van der Waals surface area contributed by atoms with E-state index >= 15 is 0 Å². The number of fused-ring (bicyclic) bond motifs is 2. The van der Waals surface area contributed by atoms with Gasteiger partial charge in [0.1, 0.15) is 0 Å². The summed E-state index contributed by atoms with van der Waals surface area (Å²) in [5.41, 5.74) is 16.8. The molecule has 0 amide bonds. The maximum Gasteiger partial charge on any atom is 0.0851 e. The molecule has 1 fully saturated rings. The van der Waals surface area contributed by atoms with Crippen LogP contribution in [0.15, 0.2) is 123 Å². The van der Waals surface area contributed by atoms with Crippen molar-refractivity contribution in [1.29, 1.82) is 0 Å². The highest BCUT2D eigenvalue weighted by Gasteiger charge is 2.53. The fourth-order valence-electron chi connectivity index (χ4n) is 8.41. The van der Waals surface area contributed by atoms with E-state index in [9.17, 15) is 0 Å². The van der Waals surface area contributed by atoms with E-state index in [4.69, 9.17) is 4.99 Å². The Bertz CT molecular complexity index is 1520. The molecule has 2 nitrogen and oxygen atoms in total. The molecule has 0 bridgehead atoms. The van der Waals surface area contributed by atoms with E-state index in [-0.39, 0.29) is 0 Å². The van der Waals surface area contributed by atoms with Crippen LogP contribution in [0.25, 0.3) is 5.57 Å². The van der Waals surface area contributed by atoms with Gasteiger partial charge in [-0.1, -0.05) is 67.3 Å². The van der Waals surface area contributed by atoms with Crippen LogP contribution in [0.2, 0.25) is 0 Å². The van der Waals surface area contributed by atoms with Gasteiger partial charge in [-0.25, -0.2) is 0 Å². The Labute approximate surface area is 239 Å². The molecule has 8 rings (SSSR count). The number of nitrogens with zero attached hydrogens (tertiary/aromatic N) is 2. The maximum atomic E-state index is 5.50. The normalized spacial score (nSPS) is 29.3. The minimum Gasteiger partial charge on any atom is -0.337 e. The Morgan fingerprint density at radius 2 is 1.77 bits per heavy atom.